The average Bonchev–Trinajstić information content (AvgIpc) is 3.14. The Hall–Kier alpha value is -2.61. The van der Waals surface area contributed by atoms with Gasteiger partial charge in [-0.25, -0.2) is 4.68 Å². The average molecular weight is 435 g/mol. The Morgan fingerprint density at radius 1 is 1.14 bits per heavy atom. The van der Waals surface area contributed by atoms with Gasteiger partial charge in [-0.1, -0.05) is 36.2 Å². The number of halogens is 2. The summed E-state index contributed by atoms with van der Waals surface area (Å²) in [4.78, 5) is 16.2. The molecule has 2 aromatic carbocycles. The molecule has 0 aliphatic carbocycles. The fourth-order valence-corrected chi connectivity index (χ4v) is 2.84. The summed E-state index contributed by atoms with van der Waals surface area (Å²) in [6.07, 6.45) is 0.388. The van der Waals surface area contributed by atoms with Crippen LogP contribution in [0, 0.1) is 0 Å². The van der Waals surface area contributed by atoms with Gasteiger partial charge in [0.25, 0.3) is 0 Å². The monoisotopic (exact) mass is 434 g/mol. The number of aromatic nitrogens is 3. The van der Waals surface area contributed by atoms with Crippen LogP contribution in [0.5, 0.6) is 6.01 Å². The molecule has 7 nitrogen and oxygen atoms in total. The van der Waals surface area contributed by atoms with Crippen LogP contribution in [0.25, 0.3) is 17.1 Å². The number of hydrogen-bond donors (Lipinski definition) is 1. The number of carbonyl (C=O) groups is 1. The SMILES string of the molecule is CCC(=O)Nc1cccc(-n2nc(OCCOC)nc2-c2ccc(Cl)c(Cl)c2)c1. The fraction of sp³-hybridized carbons (Fsp3) is 0.250. The van der Waals surface area contributed by atoms with Gasteiger partial charge < -0.3 is 14.8 Å². The first kappa shape index (κ1) is 21.1. The molecule has 29 heavy (non-hydrogen) atoms. The maximum absolute atomic E-state index is 11.7. The van der Waals surface area contributed by atoms with E-state index in [0.717, 1.165) is 5.56 Å². The standard InChI is InChI=1S/C20H20Cl2N4O3/c1-3-18(27)23-14-5-4-6-15(12-14)26-19(13-7-8-16(21)17(22)11-13)24-20(25-26)29-10-9-28-2/h4-8,11-12H,3,9-10H2,1-2H3,(H,23,27). The normalized spacial score (nSPS) is 10.8. The van der Waals surface area contributed by atoms with E-state index in [2.05, 4.69) is 15.4 Å². The summed E-state index contributed by atoms with van der Waals surface area (Å²) in [6, 6.07) is 12.7. The molecular formula is C20H20Cl2N4O3. The molecule has 9 heteroatoms. The molecule has 152 valence electrons. The molecule has 1 N–H and O–H groups in total. The summed E-state index contributed by atoms with van der Waals surface area (Å²) in [7, 11) is 1.59. The van der Waals surface area contributed by atoms with Crippen LogP contribution in [0.4, 0.5) is 5.69 Å². The van der Waals surface area contributed by atoms with Gasteiger partial charge in [-0.15, -0.1) is 5.10 Å². The highest BCUT2D eigenvalue weighted by Crippen LogP contribution is 2.30. The van der Waals surface area contributed by atoms with Crippen molar-refractivity contribution in [3.8, 4) is 23.1 Å². The zero-order valence-corrected chi connectivity index (χ0v) is 17.5. The first-order valence-corrected chi connectivity index (χ1v) is 9.72. The molecular weight excluding hydrogens is 415 g/mol. The predicted octanol–water partition coefficient (Wildman–Crippen LogP) is 4.61. The molecule has 1 heterocycles. The molecule has 3 aromatic rings. The number of carbonyl (C=O) groups excluding carboxylic acids is 1. The molecule has 0 fully saturated rings. The lowest BCUT2D eigenvalue weighted by Gasteiger charge is -2.09. The lowest BCUT2D eigenvalue weighted by molar-refractivity contribution is -0.115. The van der Waals surface area contributed by atoms with E-state index < -0.39 is 0 Å². The molecule has 3 rings (SSSR count). The zero-order valence-electron chi connectivity index (χ0n) is 16.0. The highest BCUT2D eigenvalue weighted by atomic mass is 35.5. The highest BCUT2D eigenvalue weighted by molar-refractivity contribution is 6.42. The molecule has 0 saturated heterocycles. The minimum absolute atomic E-state index is 0.0750. The van der Waals surface area contributed by atoms with E-state index in [1.165, 1.54) is 0 Å². The van der Waals surface area contributed by atoms with Crippen molar-refractivity contribution < 1.29 is 14.3 Å². The summed E-state index contributed by atoms with van der Waals surface area (Å²) in [6.45, 7) is 2.52. The van der Waals surface area contributed by atoms with E-state index in [1.807, 2.05) is 24.3 Å². The van der Waals surface area contributed by atoms with E-state index >= 15 is 0 Å². The summed E-state index contributed by atoms with van der Waals surface area (Å²) in [5.41, 5.74) is 2.08. The molecule has 0 radical (unpaired) electrons. The van der Waals surface area contributed by atoms with Crippen molar-refractivity contribution in [3.63, 3.8) is 0 Å². The second-order valence-electron chi connectivity index (χ2n) is 6.05. The lowest BCUT2D eigenvalue weighted by Crippen LogP contribution is -2.10. The van der Waals surface area contributed by atoms with E-state index in [9.17, 15) is 4.79 Å². The number of rotatable bonds is 8. The predicted molar refractivity (Wildman–Crippen MR) is 113 cm³/mol. The summed E-state index contributed by atoms with van der Waals surface area (Å²) < 4.78 is 12.2. The van der Waals surface area contributed by atoms with Gasteiger partial charge in [0.05, 0.1) is 22.3 Å². The maximum Gasteiger partial charge on any atom is 0.336 e. The van der Waals surface area contributed by atoms with Crippen molar-refractivity contribution in [1.82, 2.24) is 14.8 Å². The van der Waals surface area contributed by atoms with Crippen molar-refractivity contribution in [2.24, 2.45) is 0 Å². The molecule has 0 aliphatic heterocycles. The largest absolute Gasteiger partial charge is 0.460 e. The lowest BCUT2D eigenvalue weighted by atomic mass is 10.2. The van der Waals surface area contributed by atoms with Crippen LogP contribution in [0.3, 0.4) is 0 Å². The first-order valence-electron chi connectivity index (χ1n) is 8.96. The topological polar surface area (TPSA) is 78.3 Å². The third kappa shape index (κ3) is 5.26. The molecule has 0 atom stereocenters. The second kappa shape index (κ2) is 9.73. The molecule has 1 aromatic heterocycles. The zero-order chi connectivity index (χ0) is 20.8. The van der Waals surface area contributed by atoms with E-state index in [0.29, 0.717) is 46.9 Å². The van der Waals surface area contributed by atoms with Crippen LogP contribution >= 0.6 is 23.2 Å². The van der Waals surface area contributed by atoms with Gasteiger partial charge in [-0.3, -0.25) is 4.79 Å². The first-order chi connectivity index (χ1) is 14.0. The third-order valence-electron chi connectivity index (χ3n) is 3.98. The smallest absolute Gasteiger partial charge is 0.336 e. The van der Waals surface area contributed by atoms with E-state index in [4.69, 9.17) is 32.7 Å². The Labute approximate surface area is 178 Å². The van der Waals surface area contributed by atoms with Gasteiger partial charge in [0.1, 0.15) is 6.61 Å². The number of nitrogens with zero attached hydrogens (tertiary/aromatic N) is 3. The van der Waals surface area contributed by atoms with Gasteiger partial charge in [-0.05, 0) is 36.4 Å². The number of ether oxygens (including phenoxy) is 2. The molecule has 0 bridgehead atoms. The van der Waals surface area contributed by atoms with Crippen LogP contribution in [0.2, 0.25) is 10.0 Å². The molecule has 0 spiro atoms. The van der Waals surface area contributed by atoms with Crippen molar-refractivity contribution in [1.29, 1.82) is 0 Å². The van der Waals surface area contributed by atoms with Crippen molar-refractivity contribution in [2.75, 3.05) is 25.6 Å². The van der Waals surface area contributed by atoms with Gasteiger partial charge >= 0.3 is 6.01 Å². The van der Waals surface area contributed by atoms with Gasteiger partial charge in [0, 0.05) is 24.8 Å². The van der Waals surface area contributed by atoms with Gasteiger partial charge in [0.2, 0.25) is 5.91 Å². The minimum atomic E-state index is -0.0750. The Bertz CT molecular complexity index is 1010. The van der Waals surface area contributed by atoms with Crippen LogP contribution in [0.15, 0.2) is 42.5 Å². The van der Waals surface area contributed by atoms with E-state index in [1.54, 1.807) is 36.9 Å². The Morgan fingerprint density at radius 3 is 2.69 bits per heavy atom. The van der Waals surface area contributed by atoms with Crippen LogP contribution in [-0.2, 0) is 9.53 Å². The molecule has 0 saturated carbocycles. The van der Waals surface area contributed by atoms with Crippen LogP contribution in [-0.4, -0.2) is 41.0 Å². The molecule has 1 amide bonds. The molecule has 0 unspecified atom stereocenters. The summed E-state index contributed by atoms with van der Waals surface area (Å²) >= 11 is 12.2. The Morgan fingerprint density at radius 2 is 1.97 bits per heavy atom. The summed E-state index contributed by atoms with van der Waals surface area (Å²) in [5.74, 6) is 0.448. The summed E-state index contributed by atoms with van der Waals surface area (Å²) in [5, 5.41) is 8.15. The van der Waals surface area contributed by atoms with E-state index in [-0.39, 0.29) is 11.9 Å². The second-order valence-corrected chi connectivity index (χ2v) is 6.87. The number of amides is 1. The molecule has 0 aliphatic rings. The van der Waals surface area contributed by atoms with Crippen LogP contribution < -0.4 is 10.1 Å². The number of benzene rings is 2. The number of nitrogens with one attached hydrogen (secondary N) is 1. The quantitative estimate of drug-likeness (QED) is 0.523. The van der Waals surface area contributed by atoms with Crippen molar-refractivity contribution in [2.45, 2.75) is 13.3 Å². The van der Waals surface area contributed by atoms with Gasteiger partial charge in [0.15, 0.2) is 5.82 Å². The number of hydrogen-bond acceptors (Lipinski definition) is 5. The Kier molecular flexibility index (Phi) is 7.09. The minimum Gasteiger partial charge on any atom is -0.460 e. The third-order valence-corrected chi connectivity index (χ3v) is 4.72. The van der Waals surface area contributed by atoms with Gasteiger partial charge in [-0.2, -0.15) is 4.98 Å². The number of anilines is 1. The number of methoxy groups -OCH3 is 1. The maximum atomic E-state index is 11.7. The van der Waals surface area contributed by atoms with Crippen molar-refractivity contribution >= 4 is 34.8 Å². The van der Waals surface area contributed by atoms with Crippen molar-refractivity contribution in [3.05, 3.63) is 52.5 Å². The Balaban J connectivity index is 2.03. The fourth-order valence-electron chi connectivity index (χ4n) is 2.54. The van der Waals surface area contributed by atoms with Crippen LogP contribution in [0.1, 0.15) is 13.3 Å². The highest BCUT2D eigenvalue weighted by Gasteiger charge is 2.16.